The fourth-order valence-electron chi connectivity index (χ4n) is 3.43. The van der Waals surface area contributed by atoms with E-state index in [0.29, 0.717) is 30.8 Å². The van der Waals surface area contributed by atoms with Crippen LogP contribution in [0, 0.1) is 13.8 Å². The zero-order valence-corrected chi connectivity index (χ0v) is 17.4. The van der Waals surface area contributed by atoms with E-state index in [1.807, 2.05) is 13.0 Å². The average molecular weight is 401 g/mol. The summed E-state index contributed by atoms with van der Waals surface area (Å²) in [5.74, 6) is 0.00146. The smallest absolute Gasteiger partial charge is 0.251 e. The zero-order valence-electron chi connectivity index (χ0n) is 16.6. The van der Waals surface area contributed by atoms with Gasteiger partial charge in [-0.2, -0.15) is 0 Å². The summed E-state index contributed by atoms with van der Waals surface area (Å²) >= 11 is 0. The van der Waals surface area contributed by atoms with Gasteiger partial charge in [-0.25, -0.2) is 8.42 Å². The highest BCUT2D eigenvalue weighted by atomic mass is 32.2. The van der Waals surface area contributed by atoms with Crippen molar-refractivity contribution >= 4 is 21.6 Å². The molecule has 1 aliphatic heterocycles. The van der Waals surface area contributed by atoms with Gasteiger partial charge in [-0.15, -0.1) is 0 Å². The highest BCUT2D eigenvalue weighted by Crippen LogP contribution is 2.28. The summed E-state index contributed by atoms with van der Waals surface area (Å²) in [5.41, 5.74) is 4.47. The Labute approximate surface area is 167 Å². The lowest BCUT2D eigenvalue weighted by Gasteiger charge is -2.29. The predicted molar refractivity (Wildman–Crippen MR) is 113 cm³/mol. The van der Waals surface area contributed by atoms with Gasteiger partial charge in [0.2, 0.25) is 10.0 Å². The zero-order chi connectivity index (χ0) is 20.1. The molecule has 0 saturated carbocycles. The minimum Gasteiger partial charge on any atom is -0.352 e. The highest BCUT2D eigenvalue weighted by Gasteiger charge is 2.27. The summed E-state index contributed by atoms with van der Waals surface area (Å²) in [6, 6.07) is 13.7. The summed E-state index contributed by atoms with van der Waals surface area (Å²) in [6.45, 7) is 5.00. The molecule has 0 atom stereocenters. The van der Waals surface area contributed by atoms with Crippen molar-refractivity contribution in [2.75, 3.05) is 23.1 Å². The van der Waals surface area contributed by atoms with Crippen molar-refractivity contribution in [3.63, 3.8) is 0 Å². The molecule has 0 aromatic heterocycles. The maximum atomic E-state index is 12.5. The number of nitrogens with zero attached hydrogens (tertiary/aromatic N) is 1. The Hall–Kier alpha value is -2.34. The molecular weight excluding hydrogens is 372 g/mol. The minimum atomic E-state index is -3.29. The maximum Gasteiger partial charge on any atom is 0.251 e. The fourth-order valence-corrected chi connectivity index (χ4v) is 5.12. The summed E-state index contributed by atoms with van der Waals surface area (Å²) in [5, 5.41) is 2.94. The maximum absolute atomic E-state index is 12.5. The Bertz CT molecular complexity index is 937. The van der Waals surface area contributed by atoms with Crippen LogP contribution in [0.3, 0.4) is 0 Å². The van der Waals surface area contributed by atoms with E-state index in [-0.39, 0.29) is 11.7 Å². The van der Waals surface area contributed by atoms with Crippen molar-refractivity contribution < 1.29 is 13.2 Å². The van der Waals surface area contributed by atoms with Gasteiger partial charge < -0.3 is 5.32 Å². The van der Waals surface area contributed by atoms with Gasteiger partial charge in [-0.3, -0.25) is 9.10 Å². The second-order valence-corrected chi connectivity index (χ2v) is 9.45. The molecule has 1 N–H and O–H groups in total. The molecule has 0 bridgehead atoms. The number of sulfonamides is 1. The van der Waals surface area contributed by atoms with Crippen LogP contribution in [-0.2, 0) is 16.4 Å². The molecule has 1 amide bonds. The average Bonchev–Trinajstić information content (AvgIpc) is 2.67. The number of nitrogens with one attached hydrogen (secondary N) is 1. The van der Waals surface area contributed by atoms with Crippen molar-refractivity contribution in [1.82, 2.24) is 5.32 Å². The molecule has 6 heteroatoms. The molecule has 0 aliphatic carbocycles. The van der Waals surface area contributed by atoms with Crippen LogP contribution in [0.4, 0.5) is 5.69 Å². The van der Waals surface area contributed by atoms with E-state index in [9.17, 15) is 13.2 Å². The van der Waals surface area contributed by atoms with Gasteiger partial charge in [0.05, 0.1) is 11.4 Å². The number of hydrogen-bond donors (Lipinski definition) is 1. The number of hydrogen-bond acceptors (Lipinski definition) is 3. The SMILES string of the molecule is Cc1ccc(CCCNC(=O)c2ccc(C)c(N3CCCCS3(=O)=O)c2)cc1. The molecule has 1 fully saturated rings. The first kappa shape index (κ1) is 20.4. The fraction of sp³-hybridized carbons (Fsp3) is 0.409. The van der Waals surface area contributed by atoms with Crippen LogP contribution in [0.5, 0.6) is 0 Å². The number of carbonyl (C=O) groups excluding carboxylic acids is 1. The van der Waals surface area contributed by atoms with Crippen LogP contribution in [0.1, 0.15) is 46.3 Å². The topological polar surface area (TPSA) is 66.5 Å². The molecule has 2 aromatic carbocycles. The molecule has 1 heterocycles. The molecule has 2 aromatic rings. The molecule has 5 nitrogen and oxygen atoms in total. The van der Waals surface area contributed by atoms with Gasteiger partial charge >= 0.3 is 0 Å². The van der Waals surface area contributed by atoms with Gasteiger partial charge in [0, 0.05) is 18.7 Å². The van der Waals surface area contributed by atoms with Crippen molar-refractivity contribution in [3.05, 3.63) is 64.7 Å². The molecule has 28 heavy (non-hydrogen) atoms. The Balaban J connectivity index is 1.61. The predicted octanol–water partition coefficient (Wildman–Crippen LogP) is 3.60. The van der Waals surface area contributed by atoms with Gasteiger partial charge in [0.1, 0.15) is 0 Å². The second-order valence-electron chi connectivity index (χ2n) is 7.44. The van der Waals surface area contributed by atoms with Crippen molar-refractivity contribution in [2.45, 2.75) is 39.5 Å². The van der Waals surface area contributed by atoms with Crippen LogP contribution < -0.4 is 9.62 Å². The van der Waals surface area contributed by atoms with Crippen molar-refractivity contribution in [2.24, 2.45) is 0 Å². The number of benzene rings is 2. The third-order valence-electron chi connectivity index (χ3n) is 5.14. The molecular formula is C22H28N2O3S. The van der Waals surface area contributed by atoms with Gasteiger partial charge in [-0.1, -0.05) is 35.9 Å². The monoisotopic (exact) mass is 400 g/mol. The number of carbonyl (C=O) groups is 1. The molecule has 150 valence electrons. The minimum absolute atomic E-state index is 0.167. The number of anilines is 1. The van der Waals surface area contributed by atoms with E-state index < -0.39 is 10.0 Å². The largest absolute Gasteiger partial charge is 0.352 e. The number of amides is 1. The van der Waals surface area contributed by atoms with Crippen LogP contribution in [-0.4, -0.2) is 33.2 Å². The van der Waals surface area contributed by atoms with Gasteiger partial charge in [0.25, 0.3) is 5.91 Å². The molecule has 3 rings (SSSR count). The van der Waals surface area contributed by atoms with Crippen molar-refractivity contribution in [1.29, 1.82) is 0 Å². The first-order chi connectivity index (χ1) is 13.4. The van der Waals surface area contributed by atoms with E-state index in [2.05, 4.69) is 36.5 Å². The molecule has 0 unspecified atom stereocenters. The lowest BCUT2D eigenvalue weighted by Crippen LogP contribution is -2.38. The van der Waals surface area contributed by atoms with Crippen LogP contribution >= 0.6 is 0 Å². The standard InChI is InChI=1S/C22H28N2O3S/c1-17-7-10-19(11-8-17)6-5-13-23-22(25)20-12-9-18(2)21(16-20)24-14-3-4-15-28(24,26)27/h7-12,16H,3-6,13-15H2,1-2H3,(H,23,25). The van der Waals surface area contributed by atoms with E-state index in [1.54, 1.807) is 12.1 Å². The normalized spacial score (nSPS) is 16.0. The van der Waals surface area contributed by atoms with E-state index in [1.165, 1.54) is 15.4 Å². The van der Waals surface area contributed by atoms with Gasteiger partial charge in [0.15, 0.2) is 0 Å². The molecule has 1 saturated heterocycles. The summed E-state index contributed by atoms with van der Waals surface area (Å²) < 4.78 is 26.3. The van der Waals surface area contributed by atoms with Crippen LogP contribution in [0.15, 0.2) is 42.5 Å². The lowest BCUT2D eigenvalue weighted by molar-refractivity contribution is 0.0953. The highest BCUT2D eigenvalue weighted by molar-refractivity contribution is 7.92. The quantitative estimate of drug-likeness (QED) is 0.754. The lowest BCUT2D eigenvalue weighted by atomic mass is 10.1. The van der Waals surface area contributed by atoms with Crippen LogP contribution in [0.25, 0.3) is 0 Å². The van der Waals surface area contributed by atoms with E-state index >= 15 is 0 Å². The third-order valence-corrected chi connectivity index (χ3v) is 6.99. The Morgan fingerprint density at radius 2 is 1.82 bits per heavy atom. The van der Waals surface area contributed by atoms with E-state index in [0.717, 1.165) is 24.8 Å². The summed E-state index contributed by atoms with van der Waals surface area (Å²) in [6.07, 6.45) is 3.30. The van der Waals surface area contributed by atoms with Crippen molar-refractivity contribution in [3.8, 4) is 0 Å². The van der Waals surface area contributed by atoms with Gasteiger partial charge in [-0.05, 0) is 62.8 Å². The Kier molecular flexibility index (Phi) is 6.39. The molecule has 0 spiro atoms. The number of rotatable bonds is 6. The summed E-state index contributed by atoms with van der Waals surface area (Å²) in [4.78, 5) is 12.5. The Morgan fingerprint density at radius 1 is 1.07 bits per heavy atom. The summed E-state index contributed by atoms with van der Waals surface area (Å²) in [7, 11) is -3.29. The first-order valence-corrected chi connectivity index (χ1v) is 11.4. The van der Waals surface area contributed by atoms with E-state index in [4.69, 9.17) is 0 Å². The van der Waals surface area contributed by atoms with Crippen LogP contribution in [0.2, 0.25) is 0 Å². The second kappa shape index (κ2) is 8.78. The molecule has 1 aliphatic rings. The third kappa shape index (κ3) is 4.93. The molecule has 0 radical (unpaired) electrons. The first-order valence-electron chi connectivity index (χ1n) is 9.82. The Morgan fingerprint density at radius 3 is 2.54 bits per heavy atom. The number of aryl methyl sites for hydroxylation is 3.